The highest BCUT2D eigenvalue weighted by atomic mass is 16.5. The van der Waals surface area contributed by atoms with Crippen molar-refractivity contribution in [3.8, 4) is 5.75 Å². The molecule has 1 aromatic heterocycles. The van der Waals surface area contributed by atoms with E-state index in [9.17, 15) is 9.90 Å². The van der Waals surface area contributed by atoms with Gasteiger partial charge in [0.25, 0.3) is 0 Å². The molecule has 0 unspecified atom stereocenters. The van der Waals surface area contributed by atoms with Gasteiger partial charge in [0.1, 0.15) is 18.0 Å². The number of nitrogens with one attached hydrogen (secondary N) is 1. The molecule has 36 heavy (non-hydrogen) atoms. The van der Waals surface area contributed by atoms with Crippen LogP contribution in [0.2, 0.25) is 0 Å². The number of hydrogen-bond acceptors (Lipinski definition) is 7. The average molecular weight is 498 g/mol. The third kappa shape index (κ3) is 6.62. The molecule has 2 aromatic rings. The van der Waals surface area contributed by atoms with Crippen molar-refractivity contribution < 1.29 is 24.1 Å². The van der Waals surface area contributed by atoms with Gasteiger partial charge >= 0.3 is 0 Å². The molecular weight excluding hydrogens is 458 g/mol. The van der Waals surface area contributed by atoms with E-state index in [4.69, 9.17) is 14.2 Å². The number of nitrogens with zero attached hydrogens (tertiary/aromatic N) is 2. The Labute approximate surface area is 214 Å². The van der Waals surface area contributed by atoms with Crippen LogP contribution in [0.5, 0.6) is 5.75 Å². The Hall–Kier alpha value is -2.52. The molecule has 1 aromatic carbocycles. The predicted molar refractivity (Wildman–Crippen MR) is 137 cm³/mol. The van der Waals surface area contributed by atoms with Gasteiger partial charge in [0.15, 0.2) is 0 Å². The van der Waals surface area contributed by atoms with Crippen LogP contribution in [0.4, 0.5) is 0 Å². The molecule has 2 N–H and O–H groups in total. The number of aryl methyl sites for hydroxylation is 1. The minimum atomic E-state index is -1.24. The van der Waals surface area contributed by atoms with E-state index < -0.39 is 11.5 Å². The summed E-state index contributed by atoms with van der Waals surface area (Å²) in [6.07, 6.45) is 7.60. The van der Waals surface area contributed by atoms with Gasteiger partial charge in [0, 0.05) is 57.9 Å². The van der Waals surface area contributed by atoms with Crippen LogP contribution in [0.15, 0.2) is 42.7 Å². The van der Waals surface area contributed by atoms with Gasteiger partial charge in [-0.1, -0.05) is 12.1 Å². The third-order valence-electron chi connectivity index (χ3n) is 7.09. The maximum Gasteiger partial charge on any atom is 0.230 e. The monoisotopic (exact) mass is 497 g/mol. The minimum Gasteiger partial charge on any atom is -0.491 e. The Kier molecular flexibility index (Phi) is 9.31. The second kappa shape index (κ2) is 12.6. The van der Waals surface area contributed by atoms with Crippen molar-refractivity contribution in [1.29, 1.82) is 0 Å². The van der Waals surface area contributed by atoms with E-state index in [1.54, 1.807) is 26.6 Å². The van der Waals surface area contributed by atoms with Crippen molar-refractivity contribution >= 4 is 5.91 Å². The van der Waals surface area contributed by atoms with Crippen LogP contribution < -0.4 is 10.1 Å². The maximum atomic E-state index is 14.0. The molecule has 2 fully saturated rings. The van der Waals surface area contributed by atoms with Crippen molar-refractivity contribution in [3.05, 3.63) is 59.4 Å². The second-order valence-corrected chi connectivity index (χ2v) is 9.79. The van der Waals surface area contributed by atoms with Crippen molar-refractivity contribution in [3.63, 3.8) is 0 Å². The number of benzene rings is 1. The van der Waals surface area contributed by atoms with Gasteiger partial charge in [0.2, 0.25) is 5.91 Å². The van der Waals surface area contributed by atoms with Gasteiger partial charge in [-0.15, -0.1) is 0 Å². The standard InChI is InChI=1S/C28H39N3O5/c1-34-12-4-5-21-15-22(17-25(16-21)36-14-13-35-2)20-31(24-7-8-24)27(32)26-19-30-11-9-28(26,33)23-6-3-10-29-18-23/h3,6,10,15-18,24,26,30,33H,4-5,7-9,11-14,19-20H2,1-2H3/t26-,28+/m1/s1. The van der Waals surface area contributed by atoms with Crippen LogP contribution in [0.3, 0.4) is 0 Å². The Morgan fingerprint density at radius 2 is 1.97 bits per heavy atom. The highest BCUT2D eigenvalue weighted by Crippen LogP contribution is 2.39. The van der Waals surface area contributed by atoms with E-state index >= 15 is 0 Å². The fourth-order valence-electron chi connectivity index (χ4n) is 5.01. The van der Waals surface area contributed by atoms with E-state index in [1.165, 1.54) is 0 Å². The molecule has 196 valence electrons. The van der Waals surface area contributed by atoms with Crippen LogP contribution in [0.25, 0.3) is 0 Å². The lowest BCUT2D eigenvalue weighted by atomic mass is 9.76. The lowest BCUT2D eigenvalue weighted by molar-refractivity contribution is -0.150. The van der Waals surface area contributed by atoms with Crippen molar-refractivity contribution in [2.45, 2.75) is 50.3 Å². The number of amides is 1. The first-order valence-corrected chi connectivity index (χ1v) is 12.9. The fraction of sp³-hybridized carbons (Fsp3) is 0.571. The second-order valence-electron chi connectivity index (χ2n) is 9.79. The highest BCUT2D eigenvalue weighted by molar-refractivity contribution is 5.81. The van der Waals surface area contributed by atoms with Crippen LogP contribution in [0, 0.1) is 5.92 Å². The number of piperidine rings is 1. The molecular formula is C28H39N3O5. The number of aliphatic hydroxyl groups is 1. The summed E-state index contributed by atoms with van der Waals surface area (Å²) in [5, 5.41) is 15.1. The number of pyridine rings is 1. The lowest BCUT2D eigenvalue weighted by Gasteiger charge is -2.42. The van der Waals surface area contributed by atoms with Gasteiger partial charge in [0.05, 0.1) is 12.5 Å². The fourth-order valence-corrected chi connectivity index (χ4v) is 5.01. The first-order chi connectivity index (χ1) is 17.5. The number of ether oxygens (including phenoxy) is 3. The van der Waals surface area contributed by atoms with Crippen LogP contribution >= 0.6 is 0 Å². The number of carbonyl (C=O) groups excluding carboxylic acids is 1. The Morgan fingerprint density at radius 3 is 2.69 bits per heavy atom. The van der Waals surface area contributed by atoms with E-state index in [0.717, 1.165) is 42.6 Å². The van der Waals surface area contributed by atoms with E-state index in [-0.39, 0.29) is 11.9 Å². The molecule has 8 heteroatoms. The summed E-state index contributed by atoms with van der Waals surface area (Å²) in [5.41, 5.74) is 1.66. The number of methoxy groups -OCH3 is 2. The number of rotatable bonds is 13. The van der Waals surface area contributed by atoms with Gasteiger partial charge in [-0.05, 0) is 68.0 Å². The van der Waals surface area contributed by atoms with Crippen molar-refractivity contribution in [2.75, 3.05) is 47.1 Å². The minimum absolute atomic E-state index is 0.0114. The Bertz CT molecular complexity index is 956. The SMILES string of the molecule is COCCCc1cc(CN(C(=O)[C@H]2CNCC[C@]2(O)c2cccnc2)C2CC2)cc(OCCOC)c1. The summed E-state index contributed by atoms with van der Waals surface area (Å²) >= 11 is 0. The van der Waals surface area contributed by atoms with Gasteiger partial charge in [-0.3, -0.25) is 9.78 Å². The zero-order valence-electron chi connectivity index (χ0n) is 21.4. The molecule has 0 bridgehead atoms. The molecule has 2 aliphatic rings. The van der Waals surface area contributed by atoms with Crippen LogP contribution in [-0.4, -0.2) is 74.1 Å². The van der Waals surface area contributed by atoms with Gasteiger partial charge < -0.3 is 29.5 Å². The number of hydrogen-bond donors (Lipinski definition) is 2. The molecule has 0 spiro atoms. The number of aromatic nitrogens is 1. The first kappa shape index (κ1) is 26.5. The van der Waals surface area contributed by atoms with Gasteiger partial charge in [-0.2, -0.15) is 0 Å². The molecule has 2 heterocycles. The maximum absolute atomic E-state index is 14.0. The van der Waals surface area contributed by atoms with E-state index in [2.05, 4.69) is 22.4 Å². The highest BCUT2D eigenvalue weighted by Gasteiger charge is 2.48. The lowest BCUT2D eigenvalue weighted by Crippen LogP contribution is -2.55. The summed E-state index contributed by atoms with van der Waals surface area (Å²) < 4.78 is 16.3. The molecule has 2 atom stereocenters. The predicted octanol–water partition coefficient (Wildman–Crippen LogP) is 2.67. The summed E-state index contributed by atoms with van der Waals surface area (Å²) in [4.78, 5) is 20.2. The quantitative estimate of drug-likeness (QED) is 0.411. The summed E-state index contributed by atoms with van der Waals surface area (Å²) in [6.45, 7) is 3.26. The molecule has 0 radical (unpaired) electrons. The molecule has 1 aliphatic carbocycles. The normalized spacial score (nSPS) is 21.8. The molecule has 1 amide bonds. The average Bonchev–Trinajstić information content (AvgIpc) is 3.73. The smallest absolute Gasteiger partial charge is 0.230 e. The van der Waals surface area contributed by atoms with Crippen LogP contribution in [-0.2, 0) is 32.8 Å². The van der Waals surface area contributed by atoms with E-state index in [1.807, 2.05) is 23.1 Å². The largest absolute Gasteiger partial charge is 0.491 e. The zero-order chi connectivity index (χ0) is 25.4. The zero-order valence-corrected chi connectivity index (χ0v) is 21.4. The molecule has 1 saturated carbocycles. The topological polar surface area (TPSA) is 93.2 Å². The van der Waals surface area contributed by atoms with Crippen molar-refractivity contribution in [1.82, 2.24) is 15.2 Å². The van der Waals surface area contributed by atoms with Gasteiger partial charge in [-0.25, -0.2) is 0 Å². The third-order valence-corrected chi connectivity index (χ3v) is 7.09. The molecule has 1 aliphatic heterocycles. The first-order valence-electron chi connectivity index (χ1n) is 12.9. The Morgan fingerprint density at radius 1 is 1.17 bits per heavy atom. The number of carbonyl (C=O) groups is 1. The molecule has 4 rings (SSSR count). The summed E-state index contributed by atoms with van der Waals surface area (Å²) in [5.74, 6) is 0.201. The molecule has 8 nitrogen and oxygen atoms in total. The molecule has 1 saturated heterocycles. The van der Waals surface area contributed by atoms with Crippen molar-refractivity contribution in [2.24, 2.45) is 5.92 Å². The summed E-state index contributed by atoms with van der Waals surface area (Å²) in [6, 6.07) is 10.1. The summed E-state index contributed by atoms with van der Waals surface area (Å²) in [7, 11) is 3.36. The van der Waals surface area contributed by atoms with E-state index in [0.29, 0.717) is 51.4 Å². The Balaban J connectivity index is 1.56. The van der Waals surface area contributed by atoms with Crippen LogP contribution in [0.1, 0.15) is 42.4 Å².